The third-order valence-corrected chi connectivity index (χ3v) is 3.37. The van der Waals surface area contributed by atoms with Crippen molar-refractivity contribution >= 4 is 5.69 Å². The molecule has 22 heavy (non-hydrogen) atoms. The number of phenolic OH excluding ortho intramolecular Hbond substituents is 1. The number of hydrogen-bond donors (Lipinski definition) is 1. The van der Waals surface area contributed by atoms with E-state index in [1.54, 1.807) is 12.1 Å². The summed E-state index contributed by atoms with van der Waals surface area (Å²) in [6, 6.07) is 10.9. The van der Waals surface area contributed by atoms with E-state index in [-0.39, 0.29) is 11.4 Å². The van der Waals surface area contributed by atoms with Crippen LogP contribution in [-0.4, -0.2) is 10.0 Å². The summed E-state index contributed by atoms with van der Waals surface area (Å²) in [4.78, 5) is 10.6. The van der Waals surface area contributed by atoms with Gasteiger partial charge in [0.25, 0.3) is 0 Å². The van der Waals surface area contributed by atoms with Crippen molar-refractivity contribution < 1.29 is 10.0 Å². The quantitative estimate of drug-likeness (QED) is 0.487. The van der Waals surface area contributed by atoms with Gasteiger partial charge < -0.3 is 5.11 Å². The van der Waals surface area contributed by atoms with Crippen LogP contribution in [0.5, 0.6) is 5.75 Å². The van der Waals surface area contributed by atoms with Gasteiger partial charge in [-0.15, -0.1) is 13.2 Å². The summed E-state index contributed by atoms with van der Waals surface area (Å²) >= 11 is 0. The lowest BCUT2D eigenvalue weighted by Crippen LogP contribution is -1.94. The minimum absolute atomic E-state index is 0.288. The summed E-state index contributed by atoms with van der Waals surface area (Å²) in [5.74, 6) is -0.295. The number of nitro benzene ring substituents is 1. The third-order valence-electron chi connectivity index (χ3n) is 3.37. The maximum Gasteiger partial charge on any atom is 0.311 e. The van der Waals surface area contributed by atoms with Crippen LogP contribution < -0.4 is 0 Å². The number of phenols is 1. The first-order chi connectivity index (χ1) is 10.6. The molecule has 2 aromatic rings. The van der Waals surface area contributed by atoms with Crippen LogP contribution >= 0.6 is 0 Å². The molecule has 2 rings (SSSR count). The Hall–Kier alpha value is -2.88. The molecule has 0 aliphatic heterocycles. The zero-order chi connectivity index (χ0) is 16.1. The van der Waals surface area contributed by atoms with Gasteiger partial charge in [0.1, 0.15) is 0 Å². The number of rotatable bonds is 6. The van der Waals surface area contributed by atoms with Crippen molar-refractivity contribution in [1.29, 1.82) is 0 Å². The van der Waals surface area contributed by atoms with Gasteiger partial charge in [-0.2, -0.15) is 0 Å². The molecule has 0 spiro atoms. The minimum Gasteiger partial charge on any atom is -0.502 e. The van der Waals surface area contributed by atoms with Crippen molar-refractivity contribution in [3.8, 4) is 16.9 Å². The smallest absolute Gasteiger partial charge is 0.311 e. The van der Waals surface area contributed by atoms with Gasteiger partial charge >= 0.3 is 5.69 Å². The number of nitrogens with zero attached hydrogens (tertiary/aromatic N) is 1. The van der Waals surface area contributed by atoms with Crippen LogP contribution in [0.15, 0.2) is 61.7 Å². The van der Waals surface area contributed by atoms with Gasteiger partial charge in [0.15, 0.2) is 5.75 Å². The topological polar surface area (TPSA) is 63.4 Å². The van der Waals surface area contributed by atoms with E-state index in [0.717, 1.165) is 17.5 Å². The highest BCUT2D eigenvalue weighted by Gasteiger charge is 2.19. The largest absolute Gasteiger partial charge is 0.502 e. The molecule has 4 nitrogen and oxygen atoms in total. The van der Waals surface area contributed by atoms with Crippen LogP contribution in [0.2, 0.25) is 0 Å². The normalized spacial score (nSPS) is 10.2. The average molecular weight is 295 g/mol. The van der Waals surface area contributed by atoms with E-state index >= 15 is 0 Å². The predicted octanol–water partition coefficient (Wildman–Crippen LogP) is 4.42. The lowest BCUT2D eigenvalue weighted by molar-refractivity contribution is -0.385. The number of nitro groups is 1. The molecule has 0 atom stereocenters. The Balaban J connectivity index is 2.59. The molecular weight excluding hydrogens is 278 g/mol. The molecular formula is C18H17NO3. The molecule has 0 saturated carbocycles. The van der Waals surface area contributed by atoms with E-state index in [1.807, 2.05) is 30.3 Å². The second-order valence-electron chi connectivity index (χ2n) is 4.95. The van der Waals surface area contributed by atoms with Crippen LogP contribution in [0.3, 0.4) is 0 Å². The molecule has 2 aromatic carbocycles. The molecule has 0 aromatic heterocycles. The summed E-state index contributed by atoms with van der Waals surface area (Å²) in [7, 11) is 0. The lowest BCUT2D eigenvalue weighted by Gasteiger charge is -2.09. The standard InChI is InChI=1S/C18H17NO3/c1-3-6-13-8-5-9-14(10-13)16-11-15(7-4-2)18(20)17(12-16)19(21)22/h3-5,8-12,20H,1-2,6-7H2. The molecule has 4 heteroatoms. The maximum atomic E-state index is 11.1. The highest BCUT2D eigenvalue weighted by molar-refractivity contribution is 5.71. The van der Waals surface area contributed by atoms with Crippen molar-refractivity contribution in [2.75, 3.05) is 0 Å². The first kappa shape index (κ1) is 15.5. The Morgan fingerprint density at radius 3 is 2.45 bits per heavy atom. The Morgan fingerprint density at radius 1 is 1.09 bits per heavy atom. The van der Waals surface area contributed by atoms with Crippen LogP contribution in [0.1, 0.15) is 11.1 Å². The Kier molecular flexibility index (Phi) is 4.73. The van der Waals surface area contributed by atoms with Crippen LogP contribution in [0.4, 0.5) is 5.69 Å². The van der Waals surface area contributed by atoms with Gasteiger partial charge in [0, 0.05) is 11.6 Å². The fourth-order valence-corrected chi connectivity index (χ4v) is 2.34. The Morgan fingerprint density at radius 2 is 1.82 bits per heavy atom. The summed E-state index contributed by atoms with van der Waals surface area (Å²) in [6.07, 6.45) is 4.51. The van der Waals surface area contributed by atoms with Gasteiger partial charge in [0.2, 0.25) is 0 Å². The maximum absolute atomic E-state index is 11.1. The van der Waals surface area contributed by atoms with E-state index < -0.39 is 4.92 Å². The van der Waals surface area contributed by atoms with Crippen molar-refractivity contribution in [3.63, 3.8) is 0 Å². The lowest BCUT2D eigenvalue weighted by atomic mass is 9.97. The molecule has 0 bridgehead atoms. The average Bonchev–Trinajstić information content (AvgIpc) is 2.50. The molecule has 0 unspecified atom stereocenters. The highest BCUT2D eigenvalue weighted by Crippen LogP contribution is 2.36. The summed E-state index contributed by atoms with van der Waals surface area (Å²) in [5, 5.41) is 21.1. The summed E-state index contributed by atoms with van der Waals surface area (Å²) in [5.41, 5.74) is 2.85. The molecule has 0 fully saturated rings. The molecule has 0 radical (unpaired) electrons. The minimum atomic E-state index is -0.570. The molecule has 0 saturated heterocycles. The second-order valence-corrected chi connectivity index (χ2v) is 4.95. The fourth-order valence-electron chi connectivity index (χ4n) is 2.34. The first-order valence-electron chi connectivity index (χ1n) is 6.88. The van der Waals surface area contributed by atoms with Gasteiger partial charge in [0.05, 0.1) is 4.92 Å². The van der Waals surface area contributed by atoms with Gasteiger partial charge in [-0.25, -0.2) is 0 Å². The van der Waals surface area contributed by atoms with Crippen LogP contribution in [0.25, 0.3) is 11.1 Å². The molecule has 0 amide bonds. The SMILES string of the molecule is C=CCc1cccc(-c2cc(CC=C)c(O)c([N+](=O)[O-])c2)c1. The molecule has 0 aliphatic carbocycles. The number of hydrogen-bond acceptors (Lipinski definition) is 3. The second kappa shape index (κ2) is 6.72. The third kappa shape index (κ3) is 3.23. The number of benzene rings is 2. The van der Waals surface area contributed by atoms with Crippen molar-refractivity contribution in [2.45, 2.75) is 12.8 Å². The molecule has 0 aliphatic rings. The zero-order valence-electron chi connectivity index (χ0n) is 12.2. The fraction of sp³-hybridized carbons (Fsp3) is 0.111. The molecule has 112 valence electrons. The Labute approximate surface area is 129 Å². The Bertz CT molecular complexity index is 735. The van der Waals surface area contributed by atoms with Gasteiger partial charge in [-0.1, -0.05) is 36.4 Å². The van der Waals surface area contributed by atoms with Crippen molar-refractivity contribution in [3.05, 3.63) is 82.9 Å². The monoisotopic (exact) mass is 295 g/mol. The van der Waals surface area contributed by atoms with E-state index in [2.05, 4.69) is 13.2 Å². The van der Waals surface area contributed by atoms with Gasteiger partial charge in [-0.3, -0.25) is 10.1 Å². The van der Waals surface area contributed by atoms with Crippen molar-refractivity contribution in [2.24, 2.45) is 0 Å². The zero-order valence-corrected chi connectivity index (χ0v) is 12.2. The van der Waals surface area contributed by atoms with E-state index in [1.165, 1.54) is 6.07 Å². The van der Waals surface area contributed by atoms with Crippen LogP contribution in [-0.2, 0) is 12.8 Å². The van der Waals surface area contributed by atoms with Crippen molar-refractivity contribution in [1.82, 2.24) is 0 Å². The predicted molar refractivity (Wildman–Crippen MR) is 88.0 cm³/mol. The van der Waals surface area contributed by atoms with E-state index in [9.17, 15) is 15.2 Å². The van der Waals surface area contributed by atoms with Crippen LogP contribution in [0, 0.1) is 10.1 Å². The summed E-state index contributed by atoms with van der Waals surface area (Å²) < 4.78 is 0. The van der Waals surface area contributed by atoms with Gasteiger partial charge in [-0.05, 0) is 35.6 Å². The summed E-state index contributed by atoms with van der Waals surface area (Å²) in [6.45, 7) is 7.33. The van der Waals surface area contributed by atoms with E-state index in [0.29, 0.717) is 17.5 Å². The molecule has 1 N–H and O–H groups in total. The molecule has 0 heterocycles. The van der Waals surface area contributed by atoms with E-state index in [4.69, 9.17) is 0 Å². The number of allylic oxidation sites excluding steroid dienone is 2. The first-order valence-corrected chi connectivity index (χ1v) is 6.88. The number of aromatic hydroxyl groups is 1. The highest BCUT2D eigenvalue weighted by atomic mass is 16.6.